The Morgan fingerprint density at radius 3 is 2.47 bits per heavy atom. The van der Waals surface area contributed by atoms with Gasteiger partial charge in [0, 0.05) is 30.7 Å². The Bertz CT molecular complexity index is 271. The number of hydrogen-bond acceptors (Lipinski definition) is 3. The van der Waals surface area contributed by atoms with Gasteiger partial charge in [-0.05, 0) is 53.8 Å². The van der Waals surface area contributed by atoms with Gasteiger partial charge in [0.1, 0.15) is 0 Å². The van der Waals surface area contributed by atoms with E-state index < -0.39 is 0 Å². The summed E-state index contributed by atoms with van der Waals surface area (Å²) >= 11 is 0. The quantitative estimate of drug-likeness (QED) is 0.843. The number of hydrogen-bond donors (Lipinski definition) is 1. The van der Waals surface area contributed by atoms with E-state index in [2.05, 4.69) is 43.1 Å². The Labute approximate surface area is 119 Å². The Hall–Kier alpha value is -0.120. The van der Waals surface area contributed by atoms with Gasteiger partial charge in [0.15, 0.2) is 0 Å². The molecular weight excluding hydrogens is 234 g/mol. The van der Waals surface area contributed by atoms with Gasteiger partial charge in [0.05, 0.1) is 0 Å². The Kier molecular flexibility index (Phi) is 5.27. The molecule has 0 aromatic heterocycles. The summed E-state index contributed by atoms with van der Waals surface area (Å²) in [5.41, 5.74) is 0.314. The first-order chi connectivity index (χ1) is 9.04. The first-order valence-corrected chi connectivity index (χ1v) is 8.16. The molecule has 1 atom stereocenters. The molecule has 112 valence electrons. The lowest BCUT2D eigenvalue weighted by Crippen LogP contribution is -2.64. The summed E-state index contributed by atoms with van der Waals surface area (Å²) in [6, 6.07) is 1.57. The van der Waals surface area contributed by atoms with Gasteiger partial charge in [-0.25, -0.2) is 0 Å². The highest BCUT2D eigenvalue weighted by molar-refractivity contribution is 4.96. The van der Waals surface area contributed by atoms with E-state index >= 15 is 0 Å². The first kappa shape index (κ1) is 15.3. The fraction of sp³-hybridized carbons (Fsp3) is 1.00. The maximum Gasteiger partial charge on any atom is 0.0280 e. The number of nitrogens with one attached hydrogen (secondary N) is 1. The second-order valence-corrected chi connectivity index (χ2v) is 7.19. The average molecular weight is 267 g/mol. The van der Waals surface area contributed by atoms with Crippen LogP contribution in [-0.2, 0) is 0 Å². The summed E-state index contributed by atoms with van der Waals surface area (Å²) in [6.07, 6.45) is 8.46. The van der Waals surface area contributed by atoms with Crippen LogP contribution in [0.1, 0.15) is 52.4 Å². The molecule has 0 bridgehead atoms. The second kappa shape index (κ2) is 6.55. The molecule has 1 saturated heterocycles. The smallest absolute Gasteiger partial charge is 0.0280 e. The zero-order valence-electron chi connectivity index (χ0n) is 13.4. The van der Waals surface area contributed by atoms with E-state index in [4.69, 9.17) is 0 Å². The van der Waals surface area contributed by atoms with Crippen molar-refractivity contribution in [2.24, 2.45) is 0 Å². The van der Waals surface area contributed by atoms with Crippen molar-refractivity contribution in [3.63, 3.8) is 0 Å². The van der Waals surface area contributed by atoms with Gasteiger partial charge in [0.25, 0.3) is 0 Å². The van der Waals surface area contributed by atoms with Crippen LogP contribution >= 0.6 is 0 Å². The van der Waals surface area contributed by atoms with Crippen LogP contribution in [0, 0.1) is 0 Å². The average Bonchev–Trinajstić information content (AvgIpc) is 2.41. The second-order valence-electron chi connectivity index (χ2n) is 7.19. The van der Waals surface area contributed by atoms with Gasteiger partial charge < -0.3 is 5.32 Å². The van der Waals surface area contributed by atoms with Gasteiger partial charge in [0.2, 0.25) is 0 Å². The molecule has 1 aliphatic carbocycles. The van der Waals surface area contributed by atoms with Crippen molar-refractivity contribution in [1.82, 2.24) is 15.1 Å². The van der Waals surface area contributed by atoms with Crippen LogP contribution in [0.5, 0.6) is 0 Å². The molecule has 2 fully saturated rings. The zero-order valence-corrected chi connectivity index (χ0v) is 13.4. The van der Waals surface area contributed by atoms with E-state index in [0.717, 1.165) is 12.6 Å². The molecule has 0 aromatic carbocycles. The summed E-state index contributed by atoms with van der Waals surface area (Å²) in [7, 11) is 4.38. The van der Waals surface area contributed by atoms with E-state index in [9.17, 15) is 0 Å². The van der Waals surface area contributed by atoms with Crippen LogP contribution in [-0.4, -0.2) is 61.2 Å². The first-order valence-electron chi connectivity index (χ1n) is 8.16. The van der Waals surface area contributed by atoms with Gasteiger partial charge >= 0.3 is 0 Å². The molecule has 3 nitrogen and oxygen atoms in total. The largest absolute Gasteiger partial charge is 0.320 e. The van der Waals surface area contributed by atoms with Crippen molar-refractivity contribution in [1.29, 1.82) is 0 Å². The SMILES string of the molecule is CNCCC1CN(C2CCCCC2)CC(C)(C)N1C. The molecule has 1 aliphatic heterocycles. The minimum atomic E-state index is 0.314. The summed E-state index contributed by atoms with van der Waals surface area (Å²) in [5, 5.41) is 3.31. The van der Waals surface area contributed by atoms with Crippen molar-refractivity contribution in [3.05, 3.63) is 0 Å². The van der Waals surface area contributed by atoms with Crippen molar-refractivity contribution in [3.8, 4) is 0 Å². The highest BCUT2D eigenvalue weighted by atomic mass is 15.3. The topological polar surface area (TPSA) is 18.5 Å². The molecule has 0 aromatic rings. The lowest BCUT2D eigenvalue weighted by atomic mass is 9.88. The predicted molar refractivity (Wildman–Crippen MR) is 82.6 cm³/mol. The minimum absolute atomic E-state index is 0.314. The summed E-state index contributed by atoms with van der Waals surface area (Å²) in [4.78, 5) is 5.42. The maximum atomic E-state index is 3.31. The normalized spacial score (nSPS) is 30.6. The lowest BCUT2D eigenvalue weighted by molar-refractivity contribution is -0.0333. The third-order valence-corrected chi connectivity index (χ3v) is 5.36. The standard InChI is InChI=1S/C16H33N3/c1-16(2)13-19(14-8-6-5-7-9-14)12-15(18(16)4)10-11-17-3/h14-15,17H,5-13H2,1-4H3. The van der Waals surface area contributed by atoms with Crippen LogP contribution < -0.4 is 5.32 Å². The molecular formula is C16H33N3. The molecule has 3 heteroatoms. The zero-order chi connectivity index (χ0) is 13.9. The van der Waals surface area contributed by atoms with Crippen LogP contribution in [0.3, 0.4) is 0 Å². The fourth-order valence-electron chi connectivity index (χ4n) is 3.88. The molecule has 1 saturated carbocycles. The summed E-state index contributed by atoms with van der Waals surface area (Å²) < 4.78 is 0. The van der Waals surface area contributed by atoms with E-state index in [1.165, 1.54) is 51.6 Å². The summed E-state index contributed by atoms with van der Waals surface area (Å²) in [5.74, 6) is 0. The third kappa shape index (κ3) is 3.71. The molecule has 1 heterocycles. The molecule has 2 aliphatic rings. The van der Waals surface area contributed by atoms with E-state index in [1.54, 1.807) is 0 Å². The van der Waals surface area contributed by atoms with Crippen LogP contribution in [0.2, 0.25) is 0 Å². The molecule has 19 heavy (non-hydrogen) atoms. The Balaban J connectivity index is 2.00. The van der Waals surface area contributed by atoms with Crippen molar-refractivity contribution >= 4 is 0 Å². The number of rotatable bonds is 4. The minimum Gasteiger partial charge on any atom is -0.320 e. The molecule has 1 unspecified atom stereocenters. The van der Waals surface area contributed by atoms with Crippen LogP contribution in [0.15, 0.2) is 0 Å². The van der Waals surface area contributed by atoms with Crippen molar-refractivity contribution in [2.75, 3.05) is 33.7 Å². The van der Waals surface area contributed by atoms with Crippen LogP contribution in [0.4, 0.5) is 0 Å². The molecule has 0 spiro atoms. The molecule has 0 radical (unpaired) electrons. The van der Waals surface area contributed by atoms with E-state index in [0.29, 0.717) is 11.6 Å². The van der Waals surface area contributed by atoms with Gasteiger partial charge in [-0.3, -0.25) is 9.80 Å². The Morgan fingerprint density at radius 1 is 1.16 bits per heavy atom. The molecule has 2 rings (SSSR count). The predicted octanol–water partition coefficient (Wildman–Crippen LogP) is 2.32. The molecule has 1 N–H and O–H groups in total. The third-order valence-electron chi connectivity index (χ3n) is 5.36. The van der Waals surface area contributed by atoms with Crippen LogP contribution in [0.25, 0.3) is 0 Å². The summed E-state index contributed by atoms with van der Waals surface area (Å²) in [6.45, 7) is 8.46. The van der Waals surface area contributed by atoms with Gasteiger partial charge in [-0.15, -0.1) is 0 Å². The van der Waals surface area contributed by atoms with Gasteiger partial charge in [-0.1, -0.05) is 19.3 Å². The number of likely N-dealkylation sites (N-methyl/N-ethyl adjacent to an activating group) is 1. The molecule has 0 amide bonds. The fourth-order valence-corrected chi connectivity index (χ4v) is 3.88. The maximum absolute atomic E-state index is 3.31. The number of piperazine rings is 1. The van der Waals surface area contributed by atoms with Crippen molar-refractivity contribution < 1.29 is 0 Å². The Morgan fingerprint density at radius 2 is 1.84 bits per heavy atom. The highest BCUT2D eigenvalue weighted by Gasteiger charge is 2.39. The van der Waals surface area contributed by atoms with Crippen molar-refractivity contribution in [2.45, 2.75) is 70.0 Å². The van der Waals surface area contributed by atoms with Gasteiger partial charge in [-0.2, -0.15) is 0 Å². The van der Waals surface area contributed by atoms with E-state index in [1.807, 2.05) is 0 Å². The van der Waals surface area contributed by atoms with E-state index in [-0.39, 0.29) is 0 Å². The number of nitrogens with zero attached hydrogens (tertiary/aromatic N) is 2. The highest BCUT2D eigenvalue weighted by Crippen LogP contribution is 2.30. The lowest BCUT2D eigenvalue weighted by Gasteiger charge is -2.53. The monoisotopic (exact) mass is 267 g/mol.